The number of benzene rings is 1. The first-order chi connectivity index (χ1) is 16.1. The third kappa shape index (κ3) is 4.16. The topological polar surface area (TPSA) is 56.8 Å². The number of hydrogen-bond acceptors (Lipinski definition) is 6. The summed E-state index contributed by atoms with van der Waals surface area (Å²) in [5.74, 6) is -1.86. The number of fused-ring (bicyclic) bond motifs is 1. The summed E-state index contributed by atoms with van der Waals surface area (Å²) in [6.45, 7) is 3.38. The summed E-state index contributed by atoms with van der Waals surface area (Å²) in [6.07, 6.45) is -4.85. The highest BCUT2D eigenvalue weighted by molar-refractivity contribution is 7.21. The zero-order chi connectivity index (χ0) is 24.2. The molecule has 0 unspecified atom stereocenters. The minimum Gasteiger partial charge on any atom is -0.335 e. The number of carbonyl (C=O) groups excluding carboxylic acids is 2. The molecule has 2 aromatic heterocycles. The fourth-order valence-corrected chi connectivity index (χ4v) is 6.21. The summed E-state index contributed by atoms with van der Waals surface area (Å²) in [5, 5.41) is 1.65. The Kier molecular flexibility index (Phi) is 6.03. The normalized spacial score (nSPS) is 17.9. The minimum absolute atomic E-state index is 0.0155. The van der Waals surface area contributed by atoms with E-state index in [2.05, 4.69) is 9.88 Å². The summed E-state index contributed by atoms with van der Waals surface area (Å²) in [4.78, 5) is 35.1. The van der Waals surface area contributed by atoms with Gasteiger partial charge in [-0.2, -0.15) is 13.2 Å². The van der Waals surface area contributed by atoms with Gasteiger partial charge in [0.1, 0.15) is 16.4 Å². The summed E-state index contributed by atoms with van der Waals surface area (Å²) in [6, 6.07) is 1.56. The van der Waals surface area contributed by atoms with Crippen molar-refractivity contribution in [3.05, 3.63) is 50.0 Å². The number of nitrogens with zero attached hydrogens (tertiary/aromatic N) is 4. The highest BCUT2D eigenvalue weighted by Gasteiger charge is 2.39. The van der Waals surface area contributed by atoms with Crippen LogP contribution in [-0.2, 0) is 6.18 Å². The van der Waals surface area contributed by atoms with Crippen molar-refractivity contribution in [2.24, 2.45) is 0 Å². The average molecular weight is 533 g/mol. The number of carbonyl (C=O) groups is 2. The van der Waals surface area contributed by atoms with Gasteiger partial charge in [-0.15, -0.1) is 22.7 Å². The molecule has 34 heavy (non-hydrogen) atoms. The Morgan fingerprint density at radius 1 is 1.06 bits per heavy atom. The molecule has 0 N–H and O–H groups in total. The molecule has 2 amide bonds. The van der Waals surface area contributed by atoms with Crippen LogP contribution in [0, 0.1) is 5.82 Å². The van der Waals surface area contributed by atoms with Crippen molar-refractivity contribution in [1.29, 1.82) is 0 Å². The zero-order valence-corrected chi connectivity index (χ0v) is 19.8. The Bertz CT molecular complexity index is 1250. The highest BCUT2D eigenvalue weighted by atomic mass is 35.5. The predicted octanol–water partition coefficient (Wildman–Crippen LogP) is 4.45. The van der Waals surface area contributed by atoms with Crippen molar-refractivity contribution in [2.75, 3.05) is 39.3 Å². The Balaban J connectivity index is 1.22. The predicted molar refractivity (Wildman–Crippen MR) is 121 cm³/mol. The summed E-state index contributed by atoms with van der Waals surface area (Å²) in [7, 11) is 0. The van der Waals surface area contributed by atoms with E-state index in [0.717, 1.165) is 17.4 Å². The highest BCUT2D eigenvalue weighted by Crippen LogP contribution is 2.41. The Morgan fingerprint density at radius 3 is 2.38 bits per heavy atom. The summed E-state index contributed by atoms with van der Waals surface area (Å²) in [5.41, 5.74) is 0.661. The van der Waals surface area contributed by atoms with Crippen LogP contribution in [0.15, 0.2) is 23.0 Å². The Labute approximate surface area is 204 Å². The maximum atomic E-state index is 13.9. The van der Waals surface area contributed by atoms with Gasteiger partial charge in [-0.1, -0.05) is 11.6 Å². The molecule has 2 saturated heterocycles. The number of thiophene rings is 1. The van der Waals surface area contributed by atoms with Crippen molar-refractivity contribution < 1.29 is 27.2 Å². The second-order valence-electron chi connectivity index (χ2n) is 8.14. The van der Waals surface area contributed by atoms with Crippen LogP contribution >= 0.6 is 34.3 Å². The number of hydrogen-bond donors (Lipinski definition) is 0. The Hall–Kier alpha value is -2.28. The lowest BCUT2D eigenvalue weighted by molar-refractivity contribution is -0.139. The third-order valence-corrected chi connectivity index (χ3v) is 8.37. The van der Waals surface area contributed by atoms with E-state index in [0.29, 0.717) is 51.0 Å². The number of likely N-dealkylation sites (tertiary alicyclic amines) is 1. The first-order valence-corrected chi connectivity index (χ1v) is 12.5. The van der Waals surface area contributed by atoms with E-state index in [1.54, 1.807) is 20.7 Å². The van der Waals surface area contributed by atoms with Crippen LogP contribution in [-0.4, -0.2) is 76.8 Å². The smallest absolute Gasteiger partial charge is 0.335 e. The molecule has 6 nitrogen and oxygen atoms in total. The van der Waals surface area contributed by atoms with Gasteiger partial charge in [0.05, 0.1) is 16.1 Å². The number of piperazine rings is 1. The molecule has 2 aliphatic heterocycles. The van der Waals surface area contributed by atoms with Gasteiger partial charge in [0.15, 0.2) is 0 Å². The van der Waals surface area contributed by atoms with E-state index in [-0.39, 0.29) is 37.8 Å². The molecule has 3 aromatic rings. The molecule has 180 valence electrons. The van der Waals surface area contributed by atoms with E-state index >= 15 is 0 Å². The van der Waals surface area contributed by atoms with Gasteiger partial charge < -0.3 is 9.80 Å². The first kappa shape index (κ1) is 23.5. The minimum atomic E-state index is -4.85. The molecule has 0 aliphatic carbocycles. The van der Waals surface area contributed by atoms with Gasteiger partial charge in [0, 0.05) is 60.8 Å². The summed E-state index contributed by atoms with van der Waals surface area (Å²) >= 11 is 8.51. The van der Waals surface area contributed by atoms with E-state index < -0.39 is 17.6 Å². The number of aromatic nitrogens is 1. The quantitative estimate of drug-likeness (QED) is 0.468. The maximum absolute atomic E-state index is 13.9. The molecule has 4 heterocycles. The largest absolute Gasteiger partial charge is 0.419 e. The van der Waals surface area contributed by atoms with E-state index in [9.17, 15) is 27.2 Å². The summed E-state index contributed by atoms with van der Waals surface area (Å²) < 4.78 is 53.2. The molecule has 1 aromatic carbocycles. The average Bonchev–Trinajstić information content (AvgIpc) is 3.40. The lowest BCUT2D eigenvalue weighted by Gasteiger charge is -2.48. The molecular weight excluding hydrogens is 516 g/mol. The number of amides is 2. The SMILES string of the molecule is O=C(c1cscn1)N1CCN(C2CN(C(=O)c3sc4cc(F)c(C(F)(F)F)cc4c3Cl)C2)CC1. The van der Waals surface area contributed by atoms with Crippen molar-refractivity contribution in [1.82, 2.24) is 19.7 Å². The van der Waals surface area contributed by atoms with Gasteiger partial charge in [0.25, 0.3) is 11.8 Å². The van der Waals surface area contributed by atoms with Gasteiger partial charge in [-0.3, -0.25) is 14.5 Å². The van der Waals surface area contributed by atoms with Crippen LogP contribution in [0.4, 0.5) is 17.6 Å². The molecule has 0 bridgehead atoms. The van der Waals surface area contributed by atoms with Crippen LogP contribution in [0.25, 0.3) is 10.1 Å². The maximum Gasteiger partial charge on any atom is 0.419 e. The van der Waals surface area contributed by atoms with Crippen LogP contribution in [0.3, 0.4) is 0 Å². The van der Waals surface area contributed by atoms with Crippen molar-refractivity contribution in [2.45, 2.75) is 12.2 Å². The van der Waals surface area contributed by atoms with E-state index in [4.69, 9.17) is 11.6 Å². The molecule has 0 radical (unpaired) electrons. The van der Waals surface area contributed by atoms with Gasteiger partial charge >= 0.3 is 6.18 Å². The first-order valence-electron chi connectivity index (χ1n) is 10.3. The van der Waals surface area contributed by atoms with Crippen molar-refractivity contribution in [3.8, 4) is 0 Å². The molecule has 0 spiro atoms. The monoisotopic (exact) mass is 532 g/mol. The lowest BCUT2D eigenvalue weighted by atomic mass is 10.1. The second kappa shape index (κ2) is 8.74. The molecule has 2 fully saturated rings. The third-order valence-electron chi connectivity index (χ3n) is 6.14. The molecular formula is C21H17ClF4N4O2S2. The van der Waals surface area contributed by atoms with Gasteiger partial charge in [-0.25, -0.2) is 9.37 Å². The lowest BCUT2D eigenvalue weighted by Crippen LogP contribution is -2.64. The van der Waals surface area contributed by atoms with Crippen molar-refractivity contribution in [3.63, 3.8) is 0 Å². The second-order valence-corrected chi connectivity index (χ2v) is 10.3. The standard InChI is InChI=1S/C21H17ClF4N4O2S2/c22-17-12-5-13(21(24,25)26)14(23)6-16(12)34-18(17)20(32)30-7-11(8-30)28-1-3-29(4-2-28)19(31)15-9-33-10-27-15/h5-6,9-11H,1-4,7-8H2. The molecule has 0 saturated carbocycles. The van der Waals surface area contributed by atoms with Crippen LogP contribution in [0.2, 0.25) is 5.02 Å². The molecule has 13 heteroatoms. The van der Waals surface area contributed by atoms with E-state index in [1.807, 2.05) is 0 Å². The van der Waals surface area contributed by atoms with Crippen LogP contribution < -0.4 is 0 Å². The number of rotatable bonds is 3. The molecule has 2 aliphatic rings. The zero-order valence-electron chi connectivity index (χ0n) is 17.4. The molecule has 5 rings (SSSR count). The van der Waals surface area contributed by atoms with E-state index in [1.165, 1.54) is 11.3 Å². The van der Waals surface area contributed by atoms with Crippen molar-refractivity contribution >= 4 is 56.2 Å². The number of thiazole rings is 1. The van der Waals surface area contributed by atoms with Crippen LogP contribution in [0.5, 0.6) is 0 Å². The fourth-order valence-electron chi connectivity index (χ4n) is 4.21. The molecule has 0 atom stereocenters. The fraction of sp³-hybridized carbons (Fsp3) is 0.381. The number of alkyl halides is 3. The Morgan fingerprint density at radius 2 is 1.76 bits per heavy atom. The van der Waals surface area contributed by atoms with Crippen LogP contribution in [0.1, 0.15) is 25.7 Å². The number of halogens is 5. The van der Waals surface area contributed by atoms with Gasteiger partial charge in [-0.05, 0) is 12.1 Å². The van der Waals surface area contributed by atoms with Gasteiger partial charge in [0.2, 0.25) is 0 Å².